The van der Waals surface area contributed by atoms with Crippen molar-refractivity contribution < 1.29 is 8.83 Å². The first-order valence-corrected chi connectivity index (χ1v) is 19.9. The normalized spacial score (nSPS) is 19.3. The van der Waals surface area contributed by atoms with Crippen molar-refractivity contribution in [2.24, 2.45) is 25.9 Å². The van der Waals surface area contributed by atoms with Gasteiger partial charge in [-0.1, -0.05) is 0 Å². The van der Waals surface area contributed by atoms with Crippen LogP contribution in [0.1, 0.15) is 66.9 Å². The lowest BCUT2D eigenvalue weighted by Crippen LogP contribution is -2.34. The van der Waals surface area contributed by atoms with Gasteiger partial charge in [0, 0.05) is 67.0 Å². The van der Waals surface area contributed by atoms with Crippen LogP contribution in [0.25, 0.3) is 5.70 Å². The predicted molar refractivity (Wildman–Crippen MR) is 227 cm³/mol. The molecule has 1 unspecified atom stereocenters. The number of hydrogen-bond acceptors (Lipinski definition) is 10. The number of aromatic nitrogens is 1. The summed E-state index contributed by atoms with van der Waals surface area (Å²) in [5, 5.41) is 7.19. The molecule has 1 atom stereocenters. The van der Waals surface area contributed by atoms with Gasteiger partial charge in [-0.05, 0) is 131 Å². The number of anilines is 6. The molecule has 5 aliphatic heterocycles. The van der Waals surface area contributed by atoms with Gasteiger partial charge in [0.05, 0.1) is 28.5 Å². The summed E-state index contributed by atoms with van der Waals surface area (Å²) >= 11 is 0. The fourth-order valence-electron chi connectivity index (χ4n) is 8.35. The molecular formula is C45H45N9O2. The van der Waals surface area contributed by atoms with Crippen LogP contribution < -0.4 is 20.4 Å². The second-order valence-electron chi connectivity index (χ2n) is 15.2. The van der Waals surface area contributed by atoms with Crippen LogP contribution in [-0.2, 0) is 0 Å². The van der Waals surface area contributed by atoms with Crippen LogP contribution in [0.4, 0.5) is 34.5 Å². The quantitative estimate of drug-likeness (QED) is 0.138. The van der Waals surface area contributed by atoms with Gasteiger partial charge in [0.15, 0.2) is 17.6 Å². The molecule has 11 nitrogen and oxygen atoms in total. The number of benzene rings is 2. The van der Waals surface area contributed by atoms with E-state index >= 15 is 0 Å². The van der Waals surface area contributed by atoms with Crippen molar-refractivity contribution >= 4 is 63.4 Å². The first-order valence-electron chi connectivity index (χ1n) is 19.9. The SMILES string of the molecule is Cc1ccc(Nc2cc(N3CCCCC3)ccc2C2=CC3=CC(c4ccc(N5CCCCC5)cc4Nc4ccc(C)o4)=NC4=NC(c5ccc[nH]5)=NC(=N2)C34)o1. The van der Waals surface area contributed by atoms with E-state index in [1.54, 1.807) is 0 Å². The van der Waals surface area contributed by atoms with E-state index in [0.717, 1.165) is 82.9 Å². The number of rotatable bonds is 9. The van der Waals surface area contributed by atoms with Gasteiger partial charge in [0.1, 0.15) is 29.1 Å². The third kappa shape index (κ3) is 6.67. The summed E-state index contributed by atoms with van der Waals surface area (Å²) in [7, 11) is 0. The van der Waals surface area contributed by atoms with E-state index in [4.69, 9.17) is 28.8 Å². The molecule has 0 bridgehead atoms. The van der Waals surface area contributed by atoms with Gasteiger partial charge < -0.3 is 34.3 Å². The number of aryl methyl sites for hydroxylation is 2. The number of nitrogens with one attached hydrogen (secondary N) is 3. The van der Waals surface area contributed by atoms with Gasteiger partial charge >= 0.3 is 0 Å². The lowest BCUT2D eigenvalue weighted by Gasteiger charge is -2.31. The number of hydrogen-bond donors (Lipinski definition) is 3. The van der Waals surface area contributed by atoms with Crippen molar-refractivity contribution in [2.75, 3.05) is 46.6 Å². The van der Waals surface area contributed by atoms with Crippen molar-refractivity contribution in [1.82, 2.24) is 4.98 Å². The minimum absolute atomic E-state index is 0.297. The molecule has 2 aromatic carbocycles. The molecule has 8 heterocycles. The number of H-pyrrole nitrogens is 1. The van der Waals surface area contributed by atoms with E-state index in [1.807, 2.05) is 56.4 Å². The topological polar surface area (TPSA) is 122 Å². The number of nitrogens with zero attached hydrogens (tertiary/aromatic N) is 6. The number of amidine groups is 3. The Morgan fingerprint density at radius 1 is 0.625 bits per heavy atom. The smallest absolute Gasteiger partial charge is 0.197 e. The predicted octanol–water partition coefficient (Wildman–Crippen LogP) is 9.94. The maximum atomic E-state index is 6.02. The van der Waals surface area contributed by atoms with Crippen LogP contribution in [0.3, 0.4) is 0 Å². The summed E-state index contributed by atoms with van der Waals surface area (Å²) < 4.78 is 12.0. The Kier molecular flexibility index (Phi) is 8.77. The molecule has 10 rings (SSSR count). The van der Waals surface area contributed by atoms with E-state index in [1.165, 1.54) is 49.9 Å². The van der Waals surface area contributed by atoms with E-state index in [9.17, 15) is 0 Å². The van der Waals surface area contributed by atoms with Crippen LogP contribution >= 0.6 is 0 Å². The third-order valence-corrected chi connectivity index (χ3v) is 11.2. The maximum Gasteiger partial charge on any atom is 0.197 e. The number of piperidine rings is 2. The zero-order chi connectivity index (χ0) is 37.6. The Hall–Kier alpha value is -6.36. The Morgan fingerprint density at radius 2 is 1.23 bits per heavy atom. The minimum Gasteiger partial charge on any atom is -0.446 e. The van der Waals surface area contributed by atoms with E-state index in [-0.39, 0.29) is 5.92 Å². The van der Waals surface area contributed by atoms with Crippen molar-refractivity contribution in [3.63, 3.8) is 0 Å². The number of furan rings is 2. The average Bonchev–Trinajstić information content (AvgIpc) is 4.01. The fraction of sp³-hybridized carbons (Fsp3) is 0.289. The molecule has 11 heteroatoms. The highest BCUT2D eigenvalue weighted by molar-refractivity contribution is 6.30. The zero-order valence-corrected chi connectivity index (χ0v) is 31.8. The summed E-state index contributed by atoms with van der Waals surface area (Å²) in [5.74, 6) is 4.65. The summed E-state index contributed by atoms with van der Waals surface area (Å²) in [6, 6.07) is 25.1. The van der Waals surface area contributed by atoms with Crippen molar-refractivity contribution in [1.29, 1.82) is 0 Å². The summed E-state index contributed by atoms with van der Waals surface area (Å²) in [6.07, 6.45) is 13.6. The van der Waals surface area contributed by atoms with Gasteiger partial charge in [-0.15, -0.1) is 0 Å². The van der Waals surface area contributed by atoms with Crippen molar-refractivity contribution in [2.45, 2.75) is 52.4 Å². The zero-order valence-electron chi connectivity index (χ0n) is 31.8. The first kappa shape index (κ1) is 34.2. The largest absolute Gasteiger partial charge is 0.446 e. The molecule has 3 N–H and O–H groups in total. The first-order chi connectivity index (χ1) is 27.5. The van der Waals surface area contributed by atoms with E-state index in [0.29, 0.717) is 29.3 Å². The van der Waals surface area contributed by atoms with Crippen LogP contribution in [0.5, 0.6) is 0 Å². The summed E-state index contributed by atoms with van der Waals surface area (Å²) in [6.45, 7) is 8.12. The van der Waals surface area contributed by atoms with Crippen molar-refractivity contribution in [3.8, 4) is 0 Å². The summed E-state index contributed by atoms with van der Waals surface area (Å²) in [4.78, 5) is 28.9. The third-order valence-electron chi connectivity index (χ3n) is 11.2. The Morgan fingerprint density at radius 3 is 1.82 bits per heavy atom. The molecule has 282 valence electrons. The molecule has 5 aliphatic rings. The highest BCUT2D eigenvalue weighted by atomic mass is 16.4. The molecule has 0 amide bonds. The number of dihydropyridines is 1. The Labute approximate surface area is 326 Å². The number of allylic oxidation sites excluding steroid dienone is 2. The average molecular weight is 744 g/mol. The van der Waals surface area contributed by atoms with E-state index < -0.39 is 0 Å². The summed E-state index contributed by atoms with van der Waals surface area (Å²) in [5.41, 5.74) is 9.59. The Balaban J connectivity index is 1.10. The molecule has 0 aliphatic carbocycles. The molecule has 5 aromatic rings. The molecular weight excluding hydrogens is 699 g/mol. The van der Waals surface area contributed by atoms with Gasteiger partial charge in [0.25, 0.3) is 0 Å². The number of aromatic amines is 1. The highest BCUT2D eigenvalue weighted by Gasteiger charge is 2.37. The molecule has 0 saturated carbocycles. The van der Waals surface area contributed by atoms with Crippen LogP contribution in [0.2, 0.25) is 0 Å². The van der Waals surface area contributed by atoms with Crippen LogP contribution in [0.15, 0.2) is 126 Å². The Bertz CT molecular complexity index is 2370. The lowest BCUT2D eigenvalue weighted by molar-refractivity contribution is 0.550. The van der Waals surface area contributed by atoms with Crippen LogP contribution in [0, 0.1) is 19.8 Å². The molecule has 2 fully saturated rings. The standard InChI is InChI=1S/C45H45N9O2/c1-28-11-17-40(55-28)47-38-26-31(53-20-5-3-6-21-53)13-15-33(38)36-24-30-25-37(50-45-42(30)44(49-36)51-43(52-45)35-10-9-19-46-35)34-16-14-32(54-22-7-4-8-23-54)27-39(34)48-41-18-12-29(2)56-41/h9-19,24-27,42,46-48H,3-8,20-23H2,1-2H3. The molecule has 0 radical (unpaired) electrons. The van der Waals surface area contributed by atoms with Crippen molar-refractivity contribution in [3.05, 3.63) is 125 Å². The molecule has 56 heavy (non-hydrogen) atoms. The molecule has 2 saturated heterocycles. The van der Waals surface area contributed by atoms with Gasteiger partial charge in [-0.3, -0.25) is 0 Å². The lowest BCUT2D eigenvalue weighted by atomic mass is 9.86. The second-order valence-corrected chi connectivity index (χ2v) is 15.2. The maximum absolute atomic E-state index is 6.02. The molecule has 0 spiro atoms. The second kappa shape index (κ2) is 14.4. The number of aliphatic imine (C=N–C) groups is 4. The monoisotopic (exact) mass is 743 g/mol. The van der Waals surface area contributed by atoms with Gasteiger partial charge in [-0.2, -0.15) is 0 Å². The van der Waals surface area contributed by atoms with E-state index in [2.05, 4.69) is 74.0 Å². The fourth-order valence-corrected chi connectivity index (χ4v) is 8.35. The van der Waals surface area contributed by atoms with Crippen LogP contribution in [-0.4, -0.2) is 54.4 Å². The molecule has 3 aromatic heterocycles. The minimum atomic E-state index is -0.297. The van der Waals surface area contributed by atoms with Gasteiger partial charge in [-0.25, -0.2) is 20.0 Å². The van der Waals surface area contributed by atoms with Gasteiger partial charge in [0.2, 0.25) is 0 Å². The highest BCUT2D eigenvalue weighted by Crippen LogP contribution is 2.40.